The molecule has 0 saturated heterocycles. The van der Waals surface area contributed by atoms with Crippen LogP contribution in [0.5, 0.6) is 5.75 Å². The summed E-state index contributed by atoms with van der Waals surface area (Å²) in [5.41, 5.74) is 0.957. The first-order valence-electron chi connectivity index (χ1n) is 7.48. The van der Waals surface area contributed by atoms with Crippen molar-refractivity contribution in [1.82, 2.24) is 4.72 Å². The monoisotopic (exact) mass is 311 g/mol. The van der Waals surface area contributed by atoms with Gasteiger partial charge in [-0.25, -0.2) is 13.1 Å². The topological polar surface area (TPSA) is 75.6 Å². The number of hydrogen-bond acceptors (Lipinski definition) is 4. The van der Waals surface area contributed by atoms with E-state index in [1.165, 1.54) is 0 Å². The summed E-state index contributed by atoms with van der Waals surface area (Å²) in [6.45, 7) is 1.07. The number of rotatable bonds is 4. The summed E-state index contributed by atoms with van der Waals surface area (Å²) < 4.78 is 32.8. The smallest absolute Gasteiger partial charge is 0.240 e. The van der Waals surface area contributed by atoms with Gasteiger partial charge in [-0.1, -0.05) is 0 Å². The Balaban J connectivity index is 1.64. The molecule has 1 heterocycles. The second-order valence-corrected chi connectivity index (χ2v) is 7.66. The van der Waals surface area contributed by atoms with Gasteiger partial charge in [0.1, 0.15) is 5.75 Å². The number of sulfonamides is 1. The number of aliphatic hydroxyl groups is 1. The normalized spacial score (nSPS) is 25.4. The average molecular weight is 311 g/mol. The molecule has 0 unspecified atom stereocenters. The maximum absolute atomic E-state index is 12.3. The molecule has 6 heteroatoms. The molecule has 0 atom stereocenters. The van der Waals surface area contributed by atoms with E-state index in [1.54, 1.807) is 18.2 Å². The molecule has 1 aliphatic heterocycles. The molecule has 21 heavy (non-hydrogen) atoms. The molecule has 0 spiro atoms. The van der Waals surface area contributed by atoms with Crippen molar-refractivity contribution in [2.24, 2.45) is 5.92 Å². The van der Waals surface area contributed by atoms with Crippen molar-refractivity contribution in [2.45, 2.75) is 43.1 Å². The summed E-state index contributed by atoms with van der Waals surface area (Å²) in [4.78, 5) is 0.308. The fourth-order valence-electron chi connectivity index (χ4n) is 2.99. The Morgan fingerprint density at radius 2 is 2.00 bits per heavy atom. The predicted octanol–water partition coefficient (Wildman–Crippen LogP) is 1.45. The van der Waals surface area contributed by atoms with Crippen molar-refractivity contribution in [1.29, 1.82) is 0 Å². The van der Waals surface area contributed by atoms with Gasteiger partial charge in [-0.05, 0) is 55.4 Å². The first-order chi connectivity index (χ1) is 10.0. The SMILES string of the molecule is O=S(=O)(NCC1CCC(O)CC1)c1ccc2c(c1)CCO2. The minimum absolute atomic E-state index is 0.213. The molecule has 0 bridgehead atoms. The van der Waals surface area contributed by atoms with Crippen molar-refractivity contribution in [3.63, 3.8) is 0 Å². The molecule has 0 aromatic heterocycles. The van der Waals surface area contributed by atoms with Gasteiger partial charge in [-0.15, -0.1) is 0 Å². The standard InChI is InChI=1S/C15H21NO4S/c17-13-3-1-11(2-4-13)10-16-21(18,19)14-5-6-15-12(9-14)7-8-20-15/h5-6,9,11,13,16-17H,1-4,7-8,10H2. The molecular formula is C15H21NO4S. The molecule has 0 radical (unpaired) electrons. The molecule has 2 N–H and O–H groups in total. The summed E-state index contributed by atoms with van der Waals surface area (Å²) in [5.74, 6) is 1.11. The maximum atomic E-state index is 12.3. The number of aliphatic hydroxyl groups excluding tert-OH is 1. The van der Waals surface area contributed by atoms with Gasteiger partial charge in [-0.2, -0.15) is 0 Å². The number of hydrogen-bond donors (Lipinski definition) is 2. The highest BCUT2D eigenvalue weighted by Gasteiger charge is 2.23. The number of nitrogens with one attached hydrogen (secondary N) is 1. The van der Waals surface area contributed by atoms with Crippen molar-refractivity contribution < 1.29 is 18.3 Å². The van der Waals surface area contributed by atoms with Crippen molar-refractivity contribution in [3.05, 3.63) is 23.8 Å². The van der Waals surface area contributed by atoms with Gasteiger partial charge in [-0.3, -0.25) is 0 Å². The van der Waals surface area contributed by atoms with Crippen molar-refractivity contribution in [2.75, 3.05) is 13.2 Å². The molecular weight excluding hydrogens is 290 g/mol. The van der Waals surface area contributed by atoms with E-state index in [-0.39, 0.29) is 6.10 Å². The summed E-state index contributed by atoms with van der Waals surface area (Å²) in [6.07, 6.45) is 3.84. The third kappa shape index (κ3) is 3.39. The van der Waals surface area contributed by atoms with E-state index < -0.39 is 10.0 Å². The molecule has 1 saturated carbocycles. The largest absolute Gasteiger partial charge is 0.493 e. The molecule has 0 amide bonds. The van der Waals surface area contributed by atoms with Crippen molar-refractivity contribution >= 4 is 10.0 Å². The van der Waals surface area contributed by atoms with E-state index in [0.29, 0.717) is 24.0 Å². The zero-order valence-corrected chi connectivity index (χ0v) is 12.7. The molecule has 3 rings (SSSR count). The van der Waals surface area contributed by atoms with E-state index in [0.717, 1.165) is 43.4 Å². The number of fused-ring (bicyclic) bond motifs is 1. The molecule has 116 valence electrons. The van der Waals surface area contributed by atoms with E-state index in [9.17, 15) is 13.5 Å². The highest BCUT2D eigenvalue weighted by molar-refractivity contribution is 7.89. The van der Waals surface area contributed by atoms with Gasteiger partial charge in [0, 0.05) is 13.0 Å². The number of ether oxygens (including phenoxy) is 1. The van der Waals surface area contributed by atoms with Crippen LogP contribution in [0, 0.1) is 5.92 Å². The first-order valence-corrected chi connectivity index (χ1v) is 8.96. The van der Waals surface area contributed by atoms with Crippen LogP contribution in [0.25, 0.3) is 0 Å². The molecule has 1 aromatic rings. The fourth-order valence-corrected chi connectivity index (χ4v) is 4.16. The third-order valence-corrected chi connectivity index (χ3v) is 5.77. The van der Waals surface area contributed by atoms with Gasteiger partial charge in [0.05, 0.1) is 17.6 Å². The van der Waals surface area contributed by atoms with Crippen molar-refractivity contribution in [3.8, 4) is 5.75 Å². The zero-order chi connectivity index (χ0) is 14.9. The van der Waals surface area contributed by atoms with Gasteiger partial charge in [0.2, 0.25) is 10.0 Å². The molecule has 1 aliphatic carbocycles. The Labute approximate surface area is 125 Å². The van der Waals surface area contributed by atoms with Crippen LogP contribution in [0.15, 0.2) is 23.1 Å². The van der Waals surface area contributed by atoms with Gasteiger partial charge in [0.25, 0.3) is 0 Å². The summed E-state index contributed by atoms with van der Waals surface area (Å²) in [6, 6.07) is 5.03. The summed E-state index contributed by atoms with van der Waals surface area (Å²) in [7, 11) is -3.46. The van der Waals surface area contributed by atoms with Crippen LogP contribution < -0.4 is 9.46 Å². The molecule has 2 aliphatic rings. The minimum Gasteiger partial charge on any atom is -0.493 e. The highest BCUT2D eigenvalue weighted by atomic mass is 32.2. The lowest BCUT2D eigenvalue weighted by molar-refractivity contribution is 0.109. The lowest BCUT2D eigenvalue weighted by atomic mass is 9.88. The Hall–Kier alpha value is -1.11. The molecule has 1 fully saturated rings. The third-order valence-electron chi connectivity index (χ3n) is 4.35. The second-order valence-electron chi connectivity index (χ2n) is 5.89. The van der Waals surface area contributed by atoms with E-state index in [1.807, 2.05) is 0 Å². The van der Waals surface area contributed by atoms with Gasteiger partial charge < -0.3 is 9.84 Å². The lowest BCUT2D eigenvalue weighted by Crippen LogP contribution is -2.32. The predicted molar refractivity (Wildman–Crippen MR) is 78.8 cm³/mol. The Bertz CT molecular complexity index is 606. The molecule has 1 aromatic carbocycles. The maximum Gasteiger partial charge on any atom is 0.240 e. The highest BCUT2D eigenvalue weighted by Crippen LogP contribution is 2.28. The zero-order valence-electron chi connectivity index (χ0n) is 11.9. The lowest BCUT2D eigenvalue weighted by Gasteiger charge is -2.25. The van der Waals surface area contributed by atoms with Gasteiger partial charge >= 0.3 is 0 Å². The second kappa shape index (κ2) is 5.94. The Morgan fingerprint density at radius 3 is 2.76 bits per heavy atom. The van der Waals surface area contributed by atoms with Crippen LogP contribution >= 0.6 is 0 Å². The van der Waals surface area contributed by atoms with Gasteiger partial charge in [0.15, 0.2) is 0 Å². The Morgan fingerprint density at radius 1 is 1.24 bits per heavy atom. The first kappa shape index (κ1) is 14.8. The van der Waals surface area contributed by atoms with Crippen LogP contribution in [0.4, 0.5) is 0 Å². The van der Waals surface area contributed by atoms with E-state index in [4.69, 9.17) is 4.74 Å². The van der Waals surface area contributed by atoms with Crippen LogP contribution in [-0.2, 0) is 16.4 Å². The van der Waals surface area contributed by atoms with E-state index in [2.05, 4.69) is 4.72 Å². The van der Waals surface area contributed by atoms with Crippen LogP contribution in [-0.4, -0.2) is 32.8 Å². The van der Waals surface area contributed by atoms with Crippen LogP contribution in [0.2, 0.25) is 0 Å². The molecule has 5 nitrogen and oxygen atoms in total. The summed E-state index contributed by atoms with van der Waals surface area (Å²) in [5, 5.41) is 9.47. The Kier molecular flexibility index (Phi) is 4.19. The minimum atomic E-state index is -3.46. The van der Waals surface area contributed by atoms with E-state index >= 15 is 0 Å². The van der Waals surface area contributed by atoms with Crippen LogP contribution in [0.1, 0.15) is 31.2 Å². The summed E-state index contributed by atoms with van der Waals surface area (Å²) >= 11 is 0. The fraction of sp³-hybridized carbons (Fsp3) is 0.600. The quantitative estimate of drug-likeness (QED) is 0.882. The number of benzene rings is 1. The van der Waals surface area contributed by atoms with Crippen LogP contribution in [0.3, 0.4) is 0 Å². The average Bonchev–Trinajstić information content (AvgIpc) is 2.94.